The maximum absolute atomic E-state index is 6.22. The van der Waals surface area contributed by atoms with Gasteiger partial charge in [-0.3, -0.25) is 0 Å². The van der Waals surface area contributed by atoms with Crippen LogP contribution in [0.2, 0.25) is 5.15 Å². The van der Waals surface area contributed by atoms with Gasteiger partial charge in [0.15, 0.2) is 0 Å². The number of hydrogen-bond donors (Lipinski definition) is 1. The quantitative estimate of drug-likeness (QED) is 0.743. The van der Waals surface area contributed by atoms with Gasteiger partial charge in [-0.2, -0.15) is 0 Å². The summed E-state index contributed by atoms with van der Waals surface area (Å²) in [6.07, 6.45) is 0. The monoisotopic (exact) mass is 298 g/mol. The molecule has 1 heterocycles. The van der Waals surface area contributed by atoms with Crippen LogP contribution in [0.5, 0.6) is 5.75 Å². The number of benzene rings is 2. The molecule has 2 N–H and O–H groups in total. The fourth-order valence-corrected chi connectivity index (χ4v) is 2.36. The van der Waals surface area contributed by atoms with Gasteiger partial charge in [-0.1, -0.05) is 41.9 Å². The summed E-state index contributed by atoms with van der Waals surface area (Å²) in [5, 5.41) is 1.53. The van der Waals surface area contributed by atoms with E-state index in [9.17, 15) is 0 Å². The average Bonchev–Trinajstić information content (AvgIpc) is 2.53. The molecule has 0 aliphatic heterocycles. The molecule has 3 rings (SSSR count). The van der Waals surface area contributed by atoms with Crippen molar-refractivity contribution in [1.82, 2.24) is 4.98 Å². The van der Waals surface area contributed by atoms with Crippen molar-refractivity contribution in [3.8, 4) is 5.75 Å². The second-order valence-corrected chi connectivity index (χ2v) is 5.13. The minimum absolute atomic E-state index is 0.380. The first kappa shape index (κ1) is 13.9. The van der Waals surface area contributed by atoms with Crippen molar-refractivity contribution < 1.29 is 4.74 Å². The molecule has 0 saturated carbocycles. The van der Waals surface area contributed by atoms with Crippen LogP contribution in [0.15, 0.2) is 54.6 Å². The Morgan fingerprint density at radius 1 is 1.05 bits per heavy atom. The largest absolute Gasteiger partial charge is 0.489 e. The molecule has 0 unspecified atom stereocenters. The van der Waals surface area contributed by atoms with Crippen LogP contribution in [-0.4, -0.2) is 4.98 Å². The van der Waals surface area contributed by atoms with Crippen LogP contribution in [0.1, 0.15) is 11.1 Å². The Morgan fingerprint density at radius 3 is 2.76 bits per heavy atom. The molecule has 0 fully saturated rings. The number of nitrogens with zero attached hydrogens (tertiary/aromatic N) is 1. The third-order valence-corrected chi connectivity index (χ3v) is 3.61. The molecule has 21 heavy (non-hydrogen) atoms. The second kappa shape index (κ2) is 6.12. The zero-order valence-corrected chi connectivity index (χ0v) is 12.2. The molecule has 1 aromatic heterocycles. The summed E-state index contributed by atoms with van der Waals surface area (Å²) in [6, 6.07) is 17.6. The molecule has 2 aromatic carbocycles. The molecule has 0 atom stereocenters. The first-order valence-corrected chi connectivity index (χ1v) is 7.10. The minimum Gasteiger partial charge on any atom is -0.489 e. The molecule has 0 aliphatic carbocycles. The van der Waals surface area contributed by atoms with Gasteiger partial charge in [0.05, 0.1) is 5.52 Å². The fourth-order valence-electron chi connectivity index (χ4n) is 2.16. The number of aromatic nitrogens is 1. The standard InChI is InChI=1S/C17H15ClN2O/c18-17-14(9-13-5-1-2-7-16(13)20-17)11-21-15-6-3-4-12(8-15)10-19/h1-9H,10-11,19H2. The minimum atomic E-state index is 0.380. The molecular formula is C17H15ClN2O. The number of para-hydroxylation sites is 1. The number of pyridine rings is 1. The van der Waals surface area contributed by atoms with Crippen LogP contribution >= 0.6 is 11.6 Å². The molecule has 4 heteroatoms. The predicted molar refractivity (Wildman–Crippen MR) is 85.4 cm³/mol. The van der Waals surface area contributed by atoms with E-state index in [0.29, 0.717) is 18.3 Å². The third-order valence-electron chi connectivity index (χ3n) is 3.28. The summed E-state index contributed by atoms with van der Waals surface area (Å²) in [5.41, 5.74) is 8.42. The number of nitrogens with two attached hydrogens (primary N) is 1. The van der Waals surface area contributed by atoms with Gasteiger partial charge in [0, 0.05) is 17.5 Å². The van der Waals surface area contributed by atoms with Crippen molar-refractivity contribution in [3.05, 3.63) is 70.9 Å². The summed E-state index contributed by atoms with van der Waals surface area (Å²) < 4.78 is 5.78. The molecule has 0 radical (unpaired) electrons. The van der Waals surface area contributed by atoms with Crippen LogP contribution in [0, 0.1) is 0 Å². The number of hydrogen-bond acceptors (Lipinski definition) is 3. The van der Waals surface area contributed by atoms with Crippen LogP contribution in [-0.2, 0) is 13.2 Å². The first-order valence-electron chi connectivity index (χ1n) is 6.72. The third kappa shape index (κ3) is 3.15. The molecule has 0 aliphatic rings. The molecule has 3 nitrogen and oxygen atoms in total. The van der Waals surface area contributed by atoms with Gasteiger partial charge in [0.2, 0.25) is 0 Å². The first-order chi connectivity index (χ1) is 10.3. The molecule has 0 spiro atoms. The van der Waals surface area contributed by atoms with Gasteiger partial charge in [0.1, 0.15) is 17.5 Å². The van der Waals surface area contributed by atoms with Crippen molar-refractivity contribution in [1.29, 1.82) is 0 Å². The highest BCUT2D eigenvalue weighted by atomic mass is 35.5. The predicted octanol–water partition coefficient (Wildman–Crippen LogP) is 3.93. The van der Waals surface area contributed by atoms with Crippen molar-refractivity contribution in [3.63, 3.8) is 0 Å². The Balaban J connectivity index is 1.82. The highest BCUT2D eigenvalue weighted by Gasteiger charge is 2.06. The van der Waals surface area contributed by atoms with E-state index in [2.05, 4.69) is 4.98 Å². The zero-order chi connectivity index (χ0) is 14.7. The maximum Gasteiger partial charge on any atom is 0.136 e. The zero-order valence-electron chi connectivity index (χ0n) is 11.4. The van der Waals surface area contributed by atoms with E-state index in [1.54, 1.807) is 0 Å². The van der Waals surface area contributed by atoms with E-state index in [1.807, 2.05) is 54.6 Å². The van der Waals surface area contributed by atoms with Crippen LogP contribution in [0.25, 0.3) is 10.9 Å². The van der Waals surface area contributed by atoms with Crippen molar-refractivity contribution >= 4 is 22.5 Å². The summed E-state index contributed by atoms with van der Waals surface area (Å²) in [4.78, 5) is 4.39. The van der Waals surface area contributed by atoms with Crippen LogP contribution in [0.3, 0.4) is 0 Å². The van der Waals surface area contributed by atoms with Crippen LogP contribution < -0.4 is 10.5 Å². The highest BCUT2D eigenvalue weighted by molar-refractivity contribution is 6.30. The lowest BCUT2D eigenvalue weighted by molar-refractivity contribution is 0.306. The lowest BCUT2D eigenvalue weighted by Crippen LogP contribution is -2.00. The fraction of sp³-hybridized carbons (Fsp3) is 0.118. The number of rotatable bonds is 4. The summed E-state index contributed by atoms with van der Waals surface area (Å²) >= 11 is 6.22. The Hall–Kier alpha value is -2.10. The second-order valence-electron chi connectivity index (χ2n) is 4.77. The maximum atomic E-state index is 6.22. The lowest BCUT2D eigenvalue weighted by Gasteiger charge is -2.09. The Morgan fingerprint density at radius 2 is 1.90 bits per heavy atom. The smallest absolute Gasteiger partial charge is 0.136 e. The summed E-state index contributed by atoms with van der Waals surface area (Å²) in [7, 11) is 0. The molecular weight excluding hydrogens is 284 g/mol. The van der Waals surface area contributed by atoms with E-state index in [-0.39, 0.29) is 0 Å². The Bertz CT molecular complexity index is 774. The van der Waals surface area contributed by atoms with E-state index in [4.69, 9.17) is 22.1 Å². The van der Waals surface area contributed by atoms with E-state index < -0.39 is 0 Å². The average molecular weight is 299 g/mol. The van der Waals surface area contributed by atoms with E-state index >= 15 is 0 Å². The SMILES string of the molecule is NCc1cccc(OCc2cc3ccccc3nc2Cl)c1. The van der Waals surface area contributed by atoms with Crippen molar-refractivity contribution in [2.45, 2.75) is 13.2 Å². The molecule has 106 valence electrons. The van der Waals surface area contributed by atoms with Gasteiger partial charge in [-0.15, -0.1) is 0 Å². The normalized spacial score (nSPS) is 10.8. The van der Waals surface area contributed by atoms with E-state index in [0.717, 1.165) is 27.8 Å². The Labute approximate surface area is 128 Å². The van der Waals surface area contributed by atoms with Gasteiger partial charge < -0.3 is 10.5 Å². The van der Waals surface area contributed by atoms with Crippen molar-refractivity contribution in [2.75, 3.05) is 0 Å². The topological polar surface area (TPSA) is 48.1 Å². The summed E-state index contributed by atoms with van der Waals surface area (Å²) in [5.74, 6) is 0.780. The molecule has 0 bridgehead atoms. The molecule has 0 amide bonds. The van der Waals surface area contributed by atoms with Gasteiger partial charge in [-0.05, 0) is 29.8 Å². The molecule has 0 saturated heterocycles. The van der Waals surface area contributed by atoms with E-state index in [1.165, 1.54) is 0 Å². The van der Waals surface area contributed by atoms with Gasteiger partial charge >= 0.3 is 0 Å². The lowest BCUT2D eigenvalue weighted by atomic mass is 10.1. The Kier molecular flexibility index (Phi) is 4.04. The van der Waals surface area contributed by atoms with Gasteiger partial charge in [-0.25, -0.2) is 4.98 Å². The molecule has 3 aromatic rings. The van der Waals surface area contributed by atoms with Gasteiger partial charge in [0.25, 0.3) is 0 Å². The highest BCUT2D eigenvalue weighted by Crippen LogP contribution is 2.22. The number of fused-ring (bicyclic) bond motifs is 1. The number of halogens is 1. The van der Waals surface area contributed by atoms with Crippen LogP contribution in [0.4, 0.5) is 0 Å². The van der Waals surface area contributed by atoms with Crippen molar-refractivity contribution in [2.24, 2.45) is 5.73 Å². The summed E-state index contributed by atoms with van der Waals surface area (Å²) in [6.45, 7) is 0.875. The number of ether oxygens (including phenoxy) is 1.